The summed E-state index contributed by atoms with van der Waals surface area (Å²) in [6.45, 7) is 2.02. The molecule has 4 nitrogen and oxygen atoms in total. The van der Waals surface area contributed by atoms with E-state index in [4.69, 9.17) is 0 Å². The Bertz CT molecular complexity index is 878. The Hall–Kier alpha value is -2.25. The van der Waals surface area contributed by atoms with Crippen molar-refractivity contribution >= 4 is 11.8 Å². The molecule has 0 fully saturated rings. The van der Waals surface area contributed by atoms with Gasteiger partial charge in [-0.2, -0.15) is 0 Å². The molecule has 0 aliphatic heterocycles. The smallest absolute Gasteiger partial charge is 0.196 e. The molecule has 0 N–H and O–H groups in total. The van der Waals surface area contributed by atoms with Crippen LogP contribution in [0.25, 0.3) is 5.69 Å². The Kier molecular flexibility index (Phi) is 5.68. The Morgan fingerprint density at radius 2 is 1.73 bits per heavy atom. The fourth-order valence-corrected chi connectivity index (χ4v) is 3.41. The molecule has 0 saturated heterocycles. The van der Waals surface area contributed by atoms with Crippen molar-refractivity contribution in [3.8, 4) is 5.69 Å². The van der Waals surface area contributed by atoms with Gasteiger partial charge in [-0.15, -0.1) is 10.2 Å². The zero-order chi connectivity index (χ0) is 18.7. The molecule has 0 unspecified atom stereocenters. The average molecular weight is 374 g/mol. The van der Waals surface area contributed by atoms with Crippen LogP contribution in [0, 0.1) is 11.6 Å². The van der Waals surface area contributed by atoms with E-state index in [1.807, 2.05) is 36.6 Å². The molecule has 0 bridgehead atoms. The van der Waals surface area contributed by atoms with Crippen LogP contribution < -0.4 is 0 Å². The number of benzene rings is 2. The highest BCUT2D eigenvalue weighted by Crippen LogP contribution is 2.29. The first-order chi connectivity index (χ1) is 12.5. The zero-order valence-electron chi connectivity index (χ0n) is 14.9. The van der Waals surface area contributed by atoms with E-state index in [9.17, 15) is 8.78 Å². The lowest BCUT2D eigenvalue weighted by Crippen LogP contribution is -2.20. The Balaban J connectivity index is 1.97. The molecule has 3 aromatic rings. The fraction of sp³-hybridized carbons (Fsp3) is 0.263. The van der Waals surface area contributed by atoms with Gasteiger partial charge in [0.05, 0.1) is 6.04 Å². The van der Waals surface area contributed by atoms with Gasteiger partial charge < -0.3 is 0 Å². The van der Waals surface area contributed by atoms with E-state index in [-0.39, 0.29) is 17.7 Å². The van der Waals surface area contributed by atoms with Crippen LogP contribution >= 0.6 is 11.8 Å². The summed E-state index contributed by atoms with van der Waals surface area (Å²) in [6.07, 6.45) is 0. The molecule has 1 heterocycles. The van der Waals surface area contributed by atoms with Gasteiger partial charge in [0.15, 0.2) is 11.0 Å². The van der Waals surface area contributed by atoms with Crippen LogP contribution in [0.5, 0.6) is 0 Å². The summed E-state index contributed by atoms with van der Waals surface area (Å²) < 4.78 is 29.1. The monoisotopic (exact) mass is 374 g/mol. The third kappa shape index (κ3) is 3.94. The Morgan fingerprint density at radius 1 is 1.04 bits per heavy atom. The molecule has 2 aromatic carbocycles. The predicted molar refractivity (Wildman–Crippen MR) is 99.4 cm³/mol. The van der Waals surface area contributed by atoms with Crippen molar-refractivity contribution < 1.29 is 8.78 Å². The van der Waals surface area contributed by atoms with Gasteiger partial charge in [-0.25, -0.2) is 8.78 Å². The van der Waals surface area contributed by atoms with Gasteiger partial charge in [0, 0.05) is 11.4 Å². The number of thioether (sulfide) groups is 1. The quantitative estimate of drug-likeness (QED) is 0.597. The molecule has 3 rings (SSSR count). The summed E-state index contributed by atoms with van der Waals surface area (Å²) in [5.41, 5.74) is 1.38. The Labute approximate surface area is 155 Å². The maximum absolute atomic E-state index is 13.9. The van der Waals surface area contributed by atoms with E-state index in [2.05, 4.69) is 10.2 Å². The van der Waals surface area contributed by atoms with Crippen LogP contribution in [0.2, 0.25) is 0 Å². The van der Waals surface area contributed by atoms with Crippen molar-refractivity contribution in [3.05, 3.63) is 71.6 Å². The second kappa shape index (κ2) is 7.97. The third-order valence-corrected chi connectivity index (χ3v) is 5.18. The minimum atomic E-state index is -0.301. The third-order valence-electron chi connectivity index (χ3n) is 4.21. The lowest BCUT2D eigenvalue weighted by molar-refractivity contribution is 0.305. The van der Waals surface area contributed by atoms with Gasteiger partial charge in [0.2, 0.25) is 0 Å². The van der Waals surface area contributed by atoms with Crippen LogP contribution in [0.1, 0.15) is 24.4 Å². The van der Waals surface area contributed by atoms with Crippen molar-refractivity contribution in [1.82, 2.24) is 19.7 Å². The van der Waals surface area contributed by atoms with E-state index in [0.717, 1.165) is 11.5 Å². The minimum Gasteiger partial charge on any atom is -0.300 e. The summed E-state index contributed by atoms with van der Waals surface area (Å²) in [4.78, 5) is 2.02. The average Bonchev–Trinajstić information content (AvgIpc) is 3.04. The zero-order valence-corrected chi connectivity index (χ0v) is 15.7. The van der Waals surface area contributed by atoms with Crippen molar-refractivity contribution in [3.63, 3.8) is 0 Å². The van der Waals surface area contributed by atoms with Gasteiger partial charge in [-0.3, -0.25) is 9.47 Å². The van der Waals surface area contributed by atoms with Crippen LogP contribution in [0.4, 0.5) is 8.78 Å². The van der Waals surface area contributed by atoms with Crippen molar-refractivity contribution in [1.29, 1.82) is 0 Å². The van der Waals surface area contributed by atoms with Gasteiger partial charge in [0.25, 0.3) is 0 Å². The second-order valence-corrected chi connectivity index (χ2v) is 7.11. The fourth-order valence-electron chi connectivity index (χ4n) is 2.47. The molecular formula is C19H20F2N4S. The number of hydrogen-bond donors (Lipinski definition) is 0. The number of hydrogen-bond acceptors (Lipinski definition) is 4. The SMILES string of the molecule is C[C@H](c1nnc(SCc2ccccc2F)n1-c1ccc(F)cc1)N(C)C. The van der Waals surface area contributed by atoms with E-state index in [1.54, 1.807) is 24.3 Å². The largest absolute Gasteiger partial charge is 0.300 e. The summed E-state index contributed by atoms with van der Waals surface area (Å²) in [5.74, 6) is 0.638. The maximum atomic E-state index is 13.9. The van der Waals surface area contributed by atoms with Gasteiger partial charge in [-0.05, 0) is 56.9 Å². The maximum Gasteiger partial charge on any atom is 0.196 e. The first-order valence-electron chi connectivity index (χ1n) is 8.21. The highest BCUT2D eigenvalue weighted by Gasteiger charge is 2.21. The predicted octanol–water partition coefficient (Wildman–Crippen LogP) is 4.46. The van der Waals surface area contributed by atoms with Crippen LogP contribution in [-0.2, 0) is 5.75 Å². The normalized spacial score (nSPS) is 12.5. The number of aromatic nitrogens is 3. The minimum absolute atomic E-state index is 0.00960. The molecule has 26 heavy (non-hydrogen) atoms. The molecule has 0 saturated carbocycles. The molecule has 1 aromatic heterocycles. The van der Waals surface area contributed by atoms with Gasteiger partial charge in [0.1, 0.15) is 11.6 Å². The standard InChI is InChI=1S/C19H20F2N4S/c1-13(24(2)3)18-22-23-19(25(18)16-10-8-15(20)9-11-16)26-12-14-6-4-5-7-17(14)21/h4-11,13H,12H2,1-3H3/t13-/m1/s1. The number of rotatable bonds is 6. The molecule has 0 radical (unpaired) electrons. The summed E-state index contributed by atoms with van der Waals surface area (Å²) in [5, 5.41) is 9.27. The second-order valence-electron chi connectivity index (χ2n) is 6.17. The van der Waals surface area contributed by atoms with Crippen LogP contribution in [0.3, 0.4) is 0 Å². The van der Waals surface area contributed by atoms with Gasteiger partial charge >= 0.3 is 0 Å². The summed E-state index contributed by atoms with van der Waals surface area (Å²) in [6, 6.07) is 12.9. The van der Waals surface area contributed by atoms with Crippen molar-refractivity contribution in [2.75, 3.05) is 14.1 Å². The first-order valence-corrected chi connectivity index (χ1v) is 9.20. The molecule has 0 amide bonds. The highest BCUT2D eigenvalue weighted by atomic mass is 32.2. The molecule has 0 aliphatic rings. The number of halogens is 2. The lowest BCUT2D eigenvalue weighted by Gasteiger charge is -2.20. The van der Waals surface area contributed by atoms with Crippen molar-refractivity contribution in [2.45, 2.75) is 23.9 Å². The molecule has 7 heteroatoms. The van der Waals surface area contributed by atoms with E-state index >= 15 is 0 Å². The Morgan fingerprint density at radius 3 is 2.38 bits per heavy atom. The van der Waals surface area contributed by atoms with Gasteiger partial charge in [-0.1, -0.05) is 30.0 Å². The van der Waals surface area contributed by atoms with Crippen LogP contribution in [0.15, 0.2) is 53.7 Å². The lowest BCUT2D eigenvalue weighted by atomic mass is 10.2. The molecule has 0 spiro atoms. The summed E-state index contributed by atoms with van der Waals surface area (Å²) in [7, 11) is 3.92. The van der Waals surface area contributed by atoms with E-state index in [0.29, 0.717) is 16.5 Å². The molecular weight excluding hydrogens is 354 g/mol. The highest BCUT2D eigenvalue weighted by molar-refractivity contribution is 7.98. The van der Waals surface area contributed by atoms with E-state index < -0.39 is 0 Å². The first kappa shape index (κ1) is 18.5. The topological polar surface area (TPSA) is 34.0 Å². The van der Waals surface area contributed by atoms with E-state index in [1.165, 1.54) is 30.0 Å². The van der Waals surface area contributed by atoms with Crippen LogP contribution in [-0.4, -0.2) is 33.8 Å². The summed E-state index contributed by atoms with van der Waals surface area (Å²) >= 11 is 1.40. The molecule has 1 atom stereocenters. The number of nitrogens with zero attached hydrogens (tertiary/aromatic N) is 4. The van der Waals surface area contributed by atoms with Crippen molar-refractivity contribution in [2.24, 2.45) is 0 Å². The molecule has 136 valence electrons. The molecule has 0 aliphatic carbocycles.